The van der Waals surface area contributed by atoms with Gasteiger partial charge in [-0.1, -0.05) is 0 Å². The highest BCUT2D eigenvalue weighted by Gasteiger charge is 2.11. The Morgan fingerprint density at radius 1 is 1.60 bits per heavy atom. The average molecular weight is 153 g/mol. The van der Waals surface area contributed by atoms with Crippen molar-refractivity contribution >= 4 is 17.6 Å². The molecule has 0 fully saturated rings. The predicted octanol–water partition coefficient (Wildman–Crippen LogP) is 1.26. The number of fused-ring (bicyclic) bond motifs is 1. The molecule has 0 aromatic carbocycles. The standard InChI is InChI=1S/C6H7N3S/c1-4-2-5-6(9-8-4)7-3-10-5/h2H,3H2,1H3,(H,7,9). The number of hydrogen-bond donors (Lipinski definition) is 1. The Morgan fingerprint density at radius 2 is 2.50 bits per heavy atom. The first-order valence-corrected chi connectivity index (χ1v) is 4.06. The van der Waals surface area contributed by atoms with Gasteiger partial charge in [0, 0.05) is 0 Å². The topological polar surface area (TPSA) is 37.8 Å². The van der Waals surface area contributed by atoms with Crippen LogP contribution in [0.4, 0.5) is 5.82 Å². The molecular weight excluding hydrogens is 146 g/mol. The third kappa shape index (κ3) is 0.844. The van der Waals surface area contributed by atoms with Gasteiger partial charge < -0.3 is 5.32 Å². The lowest BCUT2D eigenvalue weighted by Gasteiger charge is -1.94. The van der Waals surface area contributed by atoms with Crippen LogP contribution < -0.4 is 5.32 Å². The summed E-state index contributed by atoms with van der Waals surface area (Å²) in [5.41, 5.74) is 0.981. The van der Waals surface area contributed by atoms with E-state index in [4.69, 9.17) is 0 Å². The van der Waals surface area contributed by atoms with Gasteiger partial charge in [0.1, 0.15) is 0 Å². The summed E-state index contributed by atoms with van der Waals surface area (Å²) < 4.78 is 0. The van der Waals surface area contributed by atoms with Crippen LogP contribution in [0.5, 0.6) is 0 Å². The van der Waals surface area contributed by atoms with Crippen LogP contribution >= 0.6 is 11.8 Å². The van der Waals surface area contributed by atoms with Crippen molar-refractivity contribution in [3.8, 4) is 0 Å². The highest BCUT2D eigenvalue weighted by Crippen LogP contribution is 2.30. The van der Waals surface area contributed by atoms with Crippen molar-refractivity contribution in [2.75, 3.05) is 11.2 Å². The van der Waals surface area contributed by atoms with Gasteiger partial charge in [0.15, 0.2) is 5.82 Å². The largest absolute Gasteiger partial charge is 0.358 e. The third-order valence-electron chi connectivity index (χ3n) is 1.35. The zero-order chi connectivity index (χ0) is 6.97. The van der Waals surface area contributed by atoms with Gasteiger partial charge >= 0.3 is 0 Å². The van der Waals surface area contributed by atoms with E-state index >= 15 is 0 Å². The summed E-state index contributed by atoms with van der Waals surface area (Å²) in [6.45, 7) is 1.95. The number of hydrogen-bond acceptors (Lipinski definition) is 4. The molecule has 0 saturated heterocycles. The van der Waals surface area contributed by atoms with Crippen molar-refractivity contribution in [2.24, 2.45) is 0 Å². The van der Waals surface area contributed by atoms with Crippen molar-refractivity contribution in [2.45, 2.75) is 11.8 Å². The summed E-state index contributed by atoms with van der Waals surface area (Å²) >= 11 is 1.77. The molecule has 3 nitrogen and oxygen atoms in total. The highest BCUT2D eigenvalue weighted by atomic mass is 32.2. The molecule has 1 aliphatic rings. The van der Waals surface area contributed by atoms with Crippen LogP contribution in [0.2, 0.25) is 0 Å². The molecule has 1 N–H and O–H groups in total. The van der Waals surface area contributed by atoms with E-state index in [0.29, 0.717) is 0 Å². The summed E-state index contributed by atoms with van der Waals surface area (Å²) in [5.74, 6) is 1.85. The van der Waals surface area contributed by atoms with Gasteiger partial charge in [-0.2, -0.15) is 5.10 Å². The van der Waals surface area contributed by atoms with Crippen molar-refractivity contribution in [1.82, 2.24) is 10.2 Å². The number of rotatable bonds is 0. The summed E-state index contributed by atoms with van der Waals surface area (Å²) in [6.07, 6.45) is 0. The second-order valence-corrected chi connectivity index (χ2v) is 3.18. The van der Waals surface area contributed by atoms with Gasteiger partial charge in [0.2, 0.25) is 0 Å². The first kappa shape index (κ1) is 5.97. The van der Waals surface area contributed by atoms with Crippen molar-refractivity contribution in [3.63, 3.8) is 0 Å². The Bertz CT molecular complexity index is 261. The molecule has 1 aromatic heterocycles. The van der Waals surface area contributed by atoms with Crippen LogP contribution in [0.3, 0.4) is 0 Å². The number of anilines is 1. The Balaban J connectivity index is 2.52. The van der Waals surface area contributed by atoms with Crippen molar-refractivity contribution in [3.05, 3.63) is 11.8 Å². The average Bonchev–Trinajstić information content (AvgIpc) is 2.33. The molecular formula is C6H7N3S. The van der Waals surface area contributed by atoms with Crippen LogP contribution in [0, 0.1) is 6.92 Å². The molecule has 0 saturated carbocycles. The van der Waals surface area contributed by atoms with E-state index in [2.05, 4.69) is 15.5 Å². The van der Waals surface area contributed by atoms with E-state index in [-0.39, 0.29) is 0 Å². The molecule has 10 heavy (non-hydrogen) atoms. The fourth-order valence-corrected chi connectivity index (χ4v) is 1.75. The highest BCUT2D eigenvalue weighted by molar-refractivity contribution is 7.99. The van der Waals surface area contributed by atoms with Gasteiger partial charge in [-0.25, -0.2) is 0 Å². The molecule has 1 aliphatic heterocycles. The normalized spacial score (nSPS) is 14.5. The van der Waals surface area contributed by atoms with Crippen LogP contribution in [0.1, 0.15) is 5.69 Å². The number of aromatic nitrogens is 2. The summed E-state index contributed by atoms with van der Waals surface area (Å²) in [6, 6.07) is 2.05. The minimum absolute atomic E-state index is 0.924. The van der Waals surface area contributed by atoms with E-state index in [9.17, 15) is 0 Å². The van der Waals surface area contributed by atoms with Crippen LogP contribution in [0.25, 0.3) is 0 Å². The molecule has 4 heteroatoms. The molecule has 1 aromatic rings. The monoisotopic (exact) mass is 153 g/mol. The molecule has 52 valence electrons. The van der Waals surface area contributed by atoms with E-state index in [1.807, 2.05) is 13.0 Å². The maximum Gasteiger partial charge on any atom is 0.163 e. The minimum Gasteiger partial charge on any atom is -0.358 e. The predicted molar refractivity (Wildman–Crippen MR) is 41.1 cm³/mol. The van der Waals surface area contributed by atoms with E-state index in [1.54, 1.807) is 11.8 Å². The van der Waals surface area contributed by atoms with Crippen LogP contribution in [0.15, 0.2) is 11.0 Å². The summed E-state index contributed by atoms with van der Waals surface area (Å²) in [5, 5.41) is 11.0. The van der Waals surface area contributed by atoms with E-state index < -0.39 is 0 Å². The second-order valence-electron chi connectivity index (χ2n) is 2.16. The summed E-state index contributed by atoms with van der Waals surface area (Å²) in [7, 11) is 0. The van der Waals surface area contributed by atoms with Gasteiger partial charge in [0.25, 0.3) is 0 Å². The molecule has 0 unspecified atom stereocenters. The lowest BCUT2D eigenvalue weighted by molar-refractivity contribution is 0.959. The fourth-order valence-electron chi connectivity index (χ4n) is 0.880. The molecule has 2 rings (SSSR count). The quantitative estimate of drug-likeness (QED) is 0.609. The smallest absolute Gasteiger partial charge is 0.163 e. The lowest BCUT2D eigenvalue weighted by atomic mass is 10.4. The molecule has 0 spiro atoms. The number of thioether (sulfide) groups is 1. The fraction of sp³-hybridized carbons (Fsp3) is 0.333. The SMILES string of the molecule is Cc1cc2c(nn1)NCS2. The lowest BCUT2D eigenvalue weighted by Crippen LogP contribution is -1.94. The van der Waals surface area contributed by atoms with Gasteiger partial charge in [-0.05, 0) is 13.0 Å². The molecule has 0 atom stereocenters. The first-order chi connectivity index (χ1) is 4.86. The first-order valence-electron chi connectivity index (χ1n) is 3.07. The molecule has 0 aliphatic carbocycles. The second kappa shape index (κ2) is 2.12. The maximum atomic E-state index is 3.98. The third-order valence-corrected chi connectivity index (χ3v) is 2.26. The minimum atomic E-state index is 0.924. The Labute approximate surface area is 63.2 Å². The number of nitrogens with zero attached hydrogens (tertiary/aromatic N) is 2. The van der Waals surface area contributed by atoms with Crippen LogP contribution in [-0.4, -0.2) is 16.1 Å². The number of nitrogens with one attached hydrogen (secondary N) is 1. The van der Waals surface area contributed by atoms with Gasteiger partial charge in [-0.15, -0.1) is 16.9 Å². The Hall–Kier alpha value is -0.770. The van der Waals surface area contributed by atoms with Crippen molar-refractivity contribution in [1.29, 1.82) is 0 Å². The molecule has 0 amide bonds. The number of aryl methyl sites for hydroxylation is 1. The Kier molecular flexibility index (Phi) is 1.27. The molecule has 2 heterocycles. The zero-order valence-corrected chi connectivity index (χ0v) is 6.40. The van der Waals surface area contributed by atoms with E-state index in [1.165, 1.54) is 4.90 Å². The molecule has 0 bridgehead atoms. The van der Waals surface area contributed by atoms with Gasteiger partial charge in [-0.3, -0.25) is 0 Å². The van der Waals surface area contributed by atoms with Gasteiger partial charge in [0.05, 0.1) is 16.5 Å². The van der Waals surface area contributed by atoms with Crippen LogP contribution in [-0.2, 0) is 0 Å². The molecule has 0 radical (unpaired) electrons. The Morgan fingerprint density at radius 3 is 3.40 bits per heavy atom. The maximum absolute atomic E-state index is 3.98. The van der Waals surface area contributed by atoms with Crippen molar-refractivity contribution < 1.29 is 0 Å². The zero-order valence-electron chi connectivity index (χ0n) is 5.59. The van der Waals surface area contributed by atoms with E-state index in [0.717, 1.165) is 17.4 Å². The summed E-state index contributed by atoms with van der Waals surface area (Å²) in [4.78, 5) is 1.22.